The second-order valence-electron chi connectivity index (χ2n) is 3.25. The molecule has 0 bridgehead atoms. The largest absolute Gasteiger partial charge is 0.480 e. The van der Waals surface area contributed by atoms with Gasteiger partial charge in [0.05, 0.1) is 0 Å². The monoisotopic (exact) mass is 203 g/mol. The van der Waals surface area contributed by atoms with Crippen molar-refractivity contribution in [2.75, 3.05) is 19.8 Å². The predicted molar refractivity (Wildman–Crippen MR) is 55.4 cm³/mol. The Morgan fingerprint density at radius 1 is 1.36 bits per heavy atom. The van der Waals surface area contributed by atoms with Crippen molar-refractivity contribution in [3.63, 3.8) is 0 Å². The summed E-state index contributed by atoms with van der Waals surface area (Å²) in [5, 5.41) is 11.8. The first kappa shape index (κ1) is 13.4. The lowest BCUT2D eigenvalue weighted by molar-refractivity contribution is -0.140. The van der Waals surface area contributed by atoms with Crippen LogP contribution in [0, 0.1) is 0 Å². The summed E-state index contributed by atoms with van der Waals surface area (Å²) in [5.74, 6) is -0.793. The van der Waals surface area contributed by atoms with Crippen LogP contribution in [0.2, 0.25) is 0 Å². The van der Waals surface area contributed by atoms with E-state index < -0.39 is 12.0 Å². The number of carboxylic acid groups (broad SMARTS) is 1. The first-order valence-corrected chi connectivity index (χ1v) is 5.26. The minimum atomic E-state index is -0.793. The molecule has 0 heterocycles. The van der Waals surface area contributed by atoms with Crippen molar-refractivity contribution in [3.05, 3.63) is 0 Å². The summed E-state index contributed by atoms with van der Waals surface area (Å²) >= 11 is 0. The van der Waals surface area contributed by atoms with Crippen molar-refractivity contribution in [2.24, 2.45) is 0 Å². The smallest absolute Gasteiger partial charge is 0.320 e. The molecule has 0 aromatic rings. The van der Waals surface area contributed by atoms with Gasteiger partial charge in [-0.1, -0.05) is 13.8 Å². The van der Waals surface area contributed by atoms with Crippen molar-refractivity contribution in [1.82, 2.24) is 5.32 Å². The quantitative estimate of drug-likeness (QED) is 0.554. The summed E-state index contributed by atoms with van der Waals surface area (Å²) in [6.07, 6.45) is 2.45. The van der Waals surface area contributed by atoms with Crippen LogP contribution in [-0.4, -0.2) is 36.9 Å². The molecule has 84 valence electrons. The zero-order valence-corrected chi connectivity index (χ0v) is 9.08. The van der Waals surface area contributed by atoms with Crippen LogP contribution in [-0.2, 0) is 9.53 Å². The zero-order valence-electron chi connectivity index (χ0n) is 9.08. The third-order valence-corrected chi connectivity index (χ3v) is 1.84. The van der Waals surface area contributed by atoms with E-state index in [-0.39, 0.29) is 0 Å². The molecule has 0 aromatic heterocycles. The lowest BCUT2D eigenvalue weighted by Gasteiger charge is -2.13. The molecular weight excluding hydrogens is 182 g/mol. The highest BCUT2D eigenvalue weighted by Crippen LogP contribution is 1.94. The minimum Gasteiger partial charge on any atom is -0.480 e. The van der Waals surface area contributed by atoms with Gasteiger partial charge in [-0.3, -0.25) is 4.79 Å². The van der Waals surface area contributed by atoms with E-state index in [1.807, 2.05) is 13.8 Å². The Balaban J connectivity index is 3.57. The SMILES string of the molecule is CCCNC(CCOCCC)C(=O)O. The number of aliphatic carboxylic acids is 1. The van der Waals surface area contributed by atoms with Crippen LogP contribution in [0.5, 0.6) is 0 Å². The first-order valence-electron chi connectivity index (χ1n) is 5.26. The van der Waals surface area contributed by atoms with Gasteiger partial charge in [0.1, 0.15) is 6.04 Å². The lowest BCUT2D eigenvalue weighted by Crippen LogP contribution is -2.38. The number of ether oxygens (including phenoxy) is 1. The van der Waals surface area contributed by atoms with Crippen LogP contribution in [0.15, 0.2) is 0 Å². The van der Waals surface area contributed by atoms with Gasteiger partial charge >= 0.3 is 5.97 Å². The van der Waals surface area contributed by atoms with Crippen LogP contribution < -0.4 is 5.32 Å². The highest BCUT2D eigenvalue weighted by molar-refractivity contribution is 5.73. The van der Waals surface area contributed by atoms with Crippen molar-refractivity contribution in [1.29, 1.82) is 0 Å². The van der Waals surface area contributed by atoms with Gasteiger partial charge in [-0.2, -0.15) is 0 Å². The predicted octanol–water partition coefficient (Wildman–Crippen LogP) is 1.26. The van der Waals surface area contributed by atoms with Gasteiger partial charge in [0.25, 0.3) is 0 Å². The Bertz CT molecular complexity index is 150. The number of hydrogen-bond acceptors (Lipinski definition) is 3. The number of carbonyl (C=O) groups is 1. The summed E-state index contributed by atoms with van der Waals surface area (Å²) in [7, 11) is 0. The molecule has 0 radical (unpaired) electrons. The van der Waals surface area contributed by atoms with Gasteiger partial charge in [-0.15, -0.1) is 0 Å². The average Bonchev–Trinajstić information content (AvgIpc) is 2.16. The summed E-state index contributed by atoms with van der Waals surface area (Å²) in [6.45, 7) is 6.01. The number of hydrogen-bond donors (Lipinski definition) is 2. The molecule has 0 spiro atoms. The molecule has 0 aliphatic carbocycles. The van der Waals surface area contributed by atoms with Gasteiger partial charge in [-0.05, 0) is 25.8 Å². The van der Waals surface area contributed by atoms with Crippen LogP contribution in [0.25, 0.3) is 0 Å². The summed E-state index contributed by atoms with van der Waals surface area (Å²) in [5.41, 5.74) is 0. The third-order valence-electron chi connectivity index (χ3n) is 1.84. The minimum absolute atomic E-state index is 0.466. The summed E-state index contributed by atoms with van der Waals surface area (Å²) in [4.78, 5) is 10.8. The fourth-order valence-corrected chi connectivity index (χ4v) is 1.08. The van der Waals surface area contributed by atoms with Crippen LogP contribution in [0.1, 0.15) is 33.1 Å². The summed E-state index contributed by atoms with van der Waals surface area (Å²) in [6, 6.07) is -0.466. The van der Waals surface area contributed by atoms with E-state index in [4.69, 9.17) is 9.84 Å². The van der Waals surface area contributed by atoms with E-state index in [9.17, 15) is 4.79 Å². The number of nitrogens with one attached hydrogen (secondary N) is 1. The second-order valence-corrected chi connectivity index (χ2v) is 3.25. The molecule has 0 saturated heterocycles. The maximum absolute atomic E-state index is 10.8. The van der Waals surface area contributed by atoms with Crippen LogP contribution in [0.3, 0.4) is 0 Å². The first-order chi connectivity index (χ1) is 6.72. The van der Waals surface area contributed by atoms with Crippen molar-refractivity contribution in [2.45, 2.75) is 39.2 Å². The molecule has 1 unspecified atom stereocenters. The molecular formula is C10H21NO3. The third kappa shape index (κ3) is 6.86. The lowest BCUT2D eigenvalue weighted by atomic mass is 10.2. The van der Waals surface area contributed by atoms with E-state index in [0.29, 0.717) is 19.6 Å². The second kappa shape index (κ2) is 8.97. The van der Waals surface area contributed by atoms with E-state index in [2.05, 4.69) is 5.32 Å². The average molecular weight is 203 g/mol. The Hall–Kier alpha value is -0.610. The molecule has 0 aliphatic heterocycles. The van der Waals surface area contributed by atoms with Crippen molar-refractivity contribution < 1.29 is 14.6 Å². The summed E-state index contributed by atoms with van der Waals surface area (Å²) < 4.78 is 5.24. The molecule has 0 rings (SSSR count). The molecule has 0 saturated carbocycles. The van der Waals surface area contributed by atoms with Crippen LogP contribution in [0.4, 0.5) is 0 Å². The number of carboxylic acids is 1. The molecule has 1 atom stereocenters. The maximum Gasteiger partial charge on any atom is 0.320 e. The molecule has 4 heteroatoms. The molecule has 4 nitrogen and oxygen atoms in total. The normalized spacial score (nSPS) is 12.7. The fraction of sp³-hybridized carbons (Fsp3) is 0.900. The van der Waals surface area contributed by atoms with E-state index in [1.54, 1.807) is 0 Å². The molecule has 2 N–H and O–H groups in total. The fourth-order valence-electron chi connectivity index (χ4n) is 1.08. The topological polar surface area (TPSA) is 58.6 Å². The van der Waals surface area contributed by atoms with Crippen LogP contribution >= 0.6 is 0 Å². The van der Waals surface area contributed by atoms with Gasteiger partial charge < -0.3 is 15.2 Å². The molecule has 0 aromatic carbocycles. The molecule has 14 heavy (non-hydrogen) atoms. The van der Waals surface area contributed by atoms with Gasteiger partial charge in [0.2, 0.25) is 0 Å². The Morgan fingerprint density at radius 2 is 2.07 bits per heavy atom. The van der Waals surface area contributed by atoms with Gasteiger partial charge in [-0.25, -0.2) is 0 Å². The maximum atomic E-state index is 10.8. The van der Waals surface area contributed by atoms with E-state index in [1.165, 1.54) is 0 Å². The molecule has 0 fully saturated rings. The highest BCUT2D eigenvalue weighted by atomic mass is 16.5. The van der Waals surface area contributed by atoms with Gasteiger partial charge in [0.15, 0.2) is 0 Å². The molecule has 0 aliphatic rings. The zero-order chi connectivity index (χ0) is 10.8. The van der Waals surface area contributed by atoms with Crippen molar-refractivity contribution >= 4 is 5.97 Å². The number of rotatable bonds is 9. The van der Waals surface area contributed by atoms with Gasteiger partial charge in [0, 0.05) is 13.2 Å². The molecule has 0 amide bonds. The Labute approximate surface area is 85.6 Å². The highest BCUT2D eigenvalue weighted by Gasteiger charge is 2.15. The van der Waals surface area contributed by atoms with E-state index >= 15 is 0 Å². The van der Waals surface area contributed by atoms with E-state index in [0.717, 1.165) is 19.4 Å². The standard InChI is InChI=1S/C10H21NO3/c1-3-6-11-9(10(12)13)5-8-14-7-4-2/h9,11H,3-8H2,1-2H3,(H,12,13). The Morgan fingerprint density at radius 3 is 2.57 bits per heavy atom. The van der Waals surface area contributed by atoms with Crippen molar-refractivity contribution in [3.8, 4) is 0 Å². The Kier molecular flexibility index (Phi) is 8.57.